The number of nitrogens with zero attached hydrogens (tertiary/aromatic N) is 1. The van der Waals surface area contributed by atoms with Gasteiger partial charge >= 0.3 is 5.97 Å². The number of ether oxygens (including phenoxy) is 2. The van der Waals surface area contributed by atoms with Crippen molar-refractivity contribution in [2.45, 2.75) is 39.7 Å². The SMILES string of the molecule is CCCCN1C(=O)C(=O)/C(=C(/O)c2cc(C)ccc2OC)C1c1ccc(OC(C)=O)cc1. The molecule has 7 nitrogen and oxygen atoms in total. The van der Waals surface area contributed by atoms with Crippen molar-refractivity contribution < 1.29 is 29.0 Å². The zero-order chi connectivity index (χ0) is 23.4. The molecule has 0 aliphatic carbocycles. The number of hydrogen-bond acceptors (Lipinski definition) is 6. The van der Waals surface area contributed by atoms with Crippen LogP contribution in [0.25, 0.3) is 5.76 Å². The summed E-state index contributed by atoms with van der Waals surface area (Å²) in [5, 5.41) is 11.2. The number of likely N-dealkylation sites (tertiary alicyclic amines) is 1. The molecule has 1 saturated heterocycles. The van der Waals surface area contributed by atoms with E-state index in [0.29, 0.717) is 35.6 Å². The Morgan fingerprint density at radius 3 is 2.41 bits per heavy atom. The summed E-state index contributed by atoms with van der Waals surface area (Å²) in [5.74, 6) is -1.36. The highest BCUT2D eigenvalue weighted by atomic mass is 16.5. The number of hydrogen-bond donors (Lipinski definition) is 1. The third kappa shape index (κ3) is 4.51. The van der Waals surface area contributed by atoms with Crippen molar-refractivity contribution >= 4 is 23.4 Å². The summed E-state index contributed by atoms with van der Waals surface area (Å²) in [4.78, 5) is 38.7. The maximum absolute atomic E-state index is 13.1. The Bertz CT molecular complexity index is 1070. The van der Waals surface area contributed by atoms with Gasteiger partial charge in [-0.2, -0.15) is 0 Å². The van der Waals surface area contributed by atoms with Gasteiger partial charge in [-0.25, -0.2) is 0 Å². The van der Waals surface area contributed by atoms with E-state index in [4.69, 9.17) is 9.47 Å². The molecule has 1 unspecified atom stereocenters. The van der Waals surface area contributed by atoms with Gasteiger partial charge < -0.3 is 19.5 Å². The Morgan fingerprint density at radius 1 is 1.12 bits per heavy atom. The Hall–Kier alpha value is -3.61. The molecular weight excluding hydrogens is 410 g/mol. The first-order valence-corrected chi connectivity index (χ1v) is 10.5. The number of carbonyl (C=O) groups excluding carboxylic acids is 3. The highest BCUT2D eigenvalue weighted by Crippen LogP contribution is 2.41. The average molecular weight is 437 g/mol. The summed E-state index contributed by atoms with van der Waals surface area (Å²) in [6, 6.07) is 11.1. The van der Waals surface area contributed by atoms with Crippen molar-refractivity contribution in [2.24, 2.45) is 0 Å². The van der Waals surface area contributed by atoms with Gasteiger partial charge in [0.05, 0.1) is 24.3 Å². The molecule has 168 valence electrons. The summed E-state index contributed by atoms with van der Waals surface area (Å²) in [6.07, 6.45) is 1.55. The van der Waals surface area contributed by atoms with E-state index in [-0.39, 0.29) is 11.3 Å². The second kappa shape index (κ2) is 9.68. The Kier molecular flexibility index (Phi) is 6.98. The topological polar surface area (TPSA) is 93.1 Å². The van der Waals surface area contributed by atoms with Crippen LogP contribution in [0.1, 0.15) is 49.4 Å². The molecule has 1 aliphatic rings. The number of esters is 1. The van der Waals surface area contributed by atoms with Crippen molar-refractivity contribution in [3.63, 3.8) is 0 Å². The highest BCUT2D eigenvalue weighted by molar-refractivity contribution is 6.46. The molecule has 32 heavy (non-hydrogen) atoms. The number of benzene rings is 2. The standard InChI is InChI=1S/C25H27NO6/c1-5-6-13-26-22(17-8-10-18(11-9-17)32-16(3)27)21(24(29)25(26)30)23(28)19-14-15(2)7-12-20(19)31-4/h7-12,14,22,28H,5-6,13H2,1-4H3/b23-21+. The van der Waals surface area contributed by atoms with Crippen molar-refractivity contribution in [3.05, 3.63) is 64.7 Å². The van der Waals surface area contributed by atoms with Gasteiger partial charge in [0.2, 0.25) is 0 Å². The predicted molar refractivity (Wildman–Crippen MR) is 119 cm³/mol. The maximum atomic E-state index is 13.1. The van der Waals surface area contributed by atoms with Crippen LogP contribution < -0.4 is 9.47 Å². The van der Waals surface area contributed by atoms with Crippen LogP contribution in [-0.2, 0) is 14.4 Å². The van der Waals surface area contributed by atoms with Gasteiger partial charge in [-0.3, -0.25) is 14.4 Å². The lowest BCUT2D eigenvalue weighted by atomic mass is 9.94. The fourth-order valence-corrected chi connectivity index (χ4v) is 3.82. The molecule has 2 aromatic carbocycles. The van der Waals surface area contributed by atoms with E-state index in [2.05, 4.69) is 0 Å². The van der Waals surface area contributed by atoms with E-state index < -0.39 is 23.7 Å². The number of unbranched alkanes of at least 4 members (excludes halogenated alkanes) is 1. The molecular formula is C25H27NO6. The lowest BCUT2D eigenvalue weighted by molar-refractivity contribution is -0.139. The van der Waals surface area contributed by atoms with Gasteiger partial charge in [-0.05, 0) is 43.2 Å². The van der Waals surface area contributed by atoms with Crippen LogP contribution >= 0.6 is 0 Å². The zero-order valence-electron chi connectivity index (χ0n) is 18.7. The molecule has 1 aliphatic heterocycles. The van der Waals surface area contributed by atoms with Crippen LogP contribution in [0, 0.1) is 6.92 Å². The van der Waals surface area contributed by atoms with E-state index in [1.54, 1.807) is 36.4 Å². The largest absolute Gasteiger partial charge is 0.507 e. The van der Waals surface area contributed by atoms with Crippen LogP contribution in [0.3, 0.4) is 0 Å². The minimum absolute atomic E-state index is 0.00948. The minimum Gasteiger partial charge on any atom is -0.507 e. The molecule has 1 amide bonds. The number of aliphatic hydroxyl groups is 1. The van der Waals surface area contributed by atoms with E-state index in [1.807, 2.05) is 19.9 Å². The first-order chi connectivity index (χ1) is 15.3. The summed E-state index contributed by atoms with van der Waals surface area (Å²) in [6.45, 7) is 5.54. The van der Waals surface area contributed by atoms with E-state index in [9.17, 15) is 19.5 Å². The normalized spacial score (nSPS) is 17.5. The van der Waals surface area contributed by atoms with Crippen LogP contribution in [0.4, 0.5) is 0 Å². The summed E-state index contributed by atoms with van der Waals surface area (Å²) in [5.41, 5.74) is 1.86. The number of amides is 1. The summed E-state index contributed by atoms with van der Waals surface area (Å²) < 4.78 is 10.5. The number of methoxy groups -OCH3 is 1. The lowest BCUT2D eigenvalue weighted by Gasteiger charge is -2.25. The Labute approximate surface area is 187 Å². The van der Waals surface area contributed by atoms with Crippen LogP contribution in [0.15, 0.2) is 48.0 Å². The molecule has 1 fully saturated rings. The zero-order valence-corrected chi connectivity index (χ0v) is 18.7. The summed E-state index contributed by atoms with van der Waals surface area (Å²) >= 11 is 0. The maximum Gasteiger partial charge on any atom is 0.308 e. The Balaban J connectivity index is 2.17. The van der Waals surface area contributed by atoms with Gasteiger partial charge in [-0.15, -0.1) is 0 Å². The molecule has 1 N–H and O–H groups in total. The van der Waals surface area contributed by atoms with Crippen LogP contribution in [-0.4, -0.2) is 41.3 Å². The molecule has 1 heterocycles. The highest BCUT2D eigenvalue weighted by Gasteiger charge is 2.46. The molecule has 1 atom stereocenters. The number of aliphatic hydroxyl groups excluding tert-OH is 1. The van der Waals surface area contributed by atoms with Gasteiger partial charge in [0.1, 0.15) is 17.3 Å². The predicted octanol–water partition coefficient (Wildman–Crippen LogP) is 4.15. The minimum atomic E-state index is -0.766. The Morgan fingerprint density at radius 2 is 1.81 bits per heavy atom. The smallest absolute Gasteiger partial charge is 0.308 e. The fourth-order valence-electron chi connectivity index (χ4n) is 3.82. The van der Waals surface area contributed by atoms with E-state index in [0.717, 1.165) is 12.0 Å². The van der Waals surface area contributed by atoms with Gasteiger partial charge in [-0.1, -0.05) is 37.1 Å². The average Bonchev–Trinajstić information content (AvgIpc) is 3.02. The number of ketones is 1. The second-order valence-electron chi connectivity index (χ2n) is 7.71. The molecule has 0 spiro atoms. The third-order valence-electron chi connectivity index (χ3n) is 5.36. The number of aryl methyl sites for hydroxylation is 1. The molecule has 0 saturated carbocycles. The van der Waals surface area contributed by atoms with Crippen molar-refractivity contribution in [3.8, 4) is 11.5 Å². The monoisotopic (exact) mass is 437 g/mol. The number of Topliss-reactive ketones (excluding diaryl/α,β-unsaturated/α-hetero) is 1. The summed E-state index contributed by atoms with van der Waals surface area (Å²) in [7, 11) is 1.48. The van der Waals surface area contributed by atoms with Crippen molar-refractivity contribution in [2.75, 3.05) is 13.7 Å². The van der Waals surface area contributed by atoms with Crippen LogP contribution in [0.5, 0.6) is 11.5 Å². The third-order valence-corrected chi connectivity index (χ3v) is 5.36. The van der Waals surface area contributed by atoms with Crippen molar-refractivity contribution in [1.29, 1.82) is 0 Å². The quantitative estimate of drug-likeness (QED) is 0.230. The molecule has 2 aromatic rings. The first-order valence-electron chi connectivity index (χ1n) is 10.5. The molecule has 0 aromatic heterocycles. The fraction of sp³-hybridized carbons (Fsp3) is 0.320. The molecule has 0 bridgehead atoms. The number of carbonyl (C=O) groups is 3. The number of rotatable bonds is 7. The van der Waals surface area contributed by atoms with Crippen LogP contribution in [0.2, 0.25) is 0 Å². The lowest BCUT2D eigenvalue weighted by Crippen LogP contribution is -2.30. The van der Waals surface area contributed by atoms with Gasteiger partial charge in [0.15, 0.2) is 0 Å². The molecule has 7 heteroatoms. The van der Waals surface area contributed by atoms with E-state index in [1.165, 1.54) is 18.9 Å². The van der Waals surface area contributed by atoms with Gasteiger partial charge in [0, 0.05) is 13.5 Å². The van der Waals surface area contributed by atoms with Crippen molar-refractivity contribution in [1.82, 2.24) is 4.90 Å². The molecule has 3 rings (SSSR count). The molecule has 0 radical (unpaired) electrons. The first kappa shape index (κ1) is 23.1. The second-order valence-corrected chi connectivity index (χ2v) is 7.71. The van der Waals surface area contributed by atoms with Gasteiger partial charge in [0.25, 0.3) is 11.7 Å². The van der Waals surface area contributed by atoms with E-state index >= 15 is 0 Å².